The van der Waals surface area contributed by atoms with Crippen molar-refractivity contribution in [1.29, 1.82) is 0 Å². The molecule has 2 N–H and O–H groups in total. The summed E-state index contributed by atoms with van der Waals surface area (Å²) >= 11 is 0. The molecule has 7 nitrogen and oxygen atoms in total. The van der Waals surface area contributed by atoms with Gasteiger partial charge in [-0.05, 0) is 38.3 Å². The largest absolute Gasteiger partial charge is 0.356 e. The molecule has 132 valence electrons. The van der Waals surface area contributed by atoms with Gasteiger partial charge in [0.1, 0.15) is 18.0 Å². The van der Waals surface area contributed by atoms with Crippen LogP contribution in [-0.2, 0) is 6.42 Å². The minimum atomic E-state index is -0.202. The quantitative estimate of drug-likeness (QED) is 0.894. The van der Waals surface area contributed by atoms with Gasteiger partial charge in [-0.3, -0.25) is 5.32 Å². The van der Waals surface area contributed by atoms with Crippen molar-refractivity contribution < 1.29 is 4.79 Å². The monoisotopic (exact) mass is 340 g/mol. The molecule has 7 heteroatoms. The zero-order valence-corrected chi connectivity index (χ0v) is 14.7. The lowest BCUT2D eigenvalue weighted by Crippen LogP contribution is -2.46. The molecule has 0 unspecified atom stereocenters. The number of piperidine rings is 1. The van der Waals surface area contributed by atoms with Crippen molar-refractivity contribution in [3.8, 4) is 0 Å². The number of amides is 2. The van der Waals surface area contributed by atoms with E-state index in [0.29, 0.717) is 5.82 Å². The molecule has 25 heavy (non-hydrogen) atoms. The van der Waals surface area contributed by atoms with E-state index in [1.165, 1.54) is 0 Å². The van der Waals surface area contributed by atoms with Gasteiger partial charge in [-0.1, -0.05) is 13.0 Å². The van der Waals surface area contributed by atoms with E-state index in [2.05, 4.69) is 37.4 Å². The van der Waals surface area contributed by atoms with E-state index in [-0.39, 0.29) is 12.1 Å². The number of nitrogens with zero attached hydrogens (tertiary/aromatic N) is 4. The second-order valence-electron chi connectivity index (χ2n) is 6.25. The molecule has 1 saturated heterocycles. The highest BCUT2D eigenvalue weighted by Gasteiger charge is 2.21. The molecule has 3 heterocycles. The number of anilines is 2. The summed E-state index contributed by atoms with van der Waals surface area (Å²) in [6.45, 7) is 5.72. The Kier molecular flexibility index (Phi) is 5.42. The number of pyridine rings is 1. The molecular weight excluding hydrogens is 316 g/mol. The number of carbonyl (C=O) groups excluding carboxylic acids is 1. The predicted molar refractivity (Wildman–Crippen MR) is 97.8 cm³/mol. The first kappa shape index (κ1) is 17.1. The van der Waals surface area contributed by atoms with Crippen LogP contribution in [0.3, 0.4) is 0 Å². The van der Waals surface area contributed by atoms with Crippen molar-refractivity contribution in [1.82, 2.24) is 20.3 Å². The Labute approximate surface area is 147 Å². The molecule has 3 rings (SSSR count). The van der Waals surface area contributed by atoms with Crippen molar-refractivity contribution in [3.63, 3.8) is 0 Å². The smallest absolute Gasteiger partial charge is 0.320 e. The van der Waals surface area contributed by atoms with Crippen LogP contribution in [0.5, 0.6) is 0 Å². The van der Waals surface area contributed by atoms with Gasteiger partial charge in [0.05, 0.1) is 0 Å². The molecular formula is C18H24N6O. The molecule has 0 radical (unpaired) electrons. The highest BCUT2D eigenvalue weighted by molar-refractivity contribution is 5.88. The van der Waals surface area contributed by atoms with Crippen LogP contribution in [-0.4, -0.2) is 40.1 Å². The summed E-state index contributed by atoms with van der Waals surface area (Å²) in [6, 6.07) is 7.57. The minimum Gasteiger partial charge on any atom is -0.356 e. The van der Waals surface area contributed by atoms with E-state index in [9.17, 15) is 4.79 Å². The average molecular weight is 340 g/mol. The lowest BCUT2D eigenvalue weighted by atomic mass is 10.1. The number of rotatable bonds is 4. The van der Waals surface area contributed by atoms with Gasteiger partial charge < -0.3 is 10.2 Å². The summed E-state index contributed by atoms with van der Waals surface area (Å²) in [5, 5.41) is 5.82. The van der Waals surface area contributed by atoms with Crippen molar-refractivity contribution in [2.24, 2.45) is 0 Å². The van der Waals surface area contributed by atoms with Gasteiger partial charge in [0.2, 0.25) is 0 Å². The van der Waals surface area contributed by atoms with E-state index in [0.717, 1.165) is 49.6 Å². The average Bonchev–Trinajstić information content (AvgIpc) is 2.62. The van der Waals surface area contributed by atoms with E-state index in [1.54, 1.807) is 12.4 Å². The second-order valence-corrected chi connectivity index (χ2v) is 6.25. The zero-order valence-electron chi connectivity index (χ0n) is 14.7. The third-order valence-electron chi connectivity index (χ3n) is 4.36. The topological polar surface area (TPSA) is 83.0 Å². The maximum atomic E-state index is 12.1. The van der Waals surface area contributed by atoms with Crippen LogP contribution in [0.4, 0.5) is 16.4 Å². The van der Waals surface area contributed by atoms with Crippen LogP contribution in [0.15, 0.2) is 30.6 Å². The predicted octanol–water partition coefficient (Wildman–Crippen LogP) is 2.53. The summed E-state index contributed by atoms with van der Waals surface area (Å²) < 4.78 is 0. The van der Waals surface area contributed by atoms with Crippen LogP contribution in [0.25, 0.3) is 0 Å². The Morgan fingerprint density at radius 1 is 1.28 bits per heavy atom. The van der Waals surface area contributed by atoms with Crippen molar-refractivity contribution in [2.75, 3.05) is 23.3 Å². The highest BCUT2D eigenvalue weighted by Crippen LogP contribution is 2.18. The summed E-state index contributed by atoms with van der Waals surface area (Å²) in [7, 11) is 0. The Hall–Kier alpha value is -2.70. The Morgan fingerprint density at radius 2 is 2.08 bits per heavy atom. The van der Waals surface area contributed by atoms with Gasteiger partial charge in [0, 0.05) is 36.6 Å². The van der Waals surface area contributed by atoms with Gasteiger partial charge >= 0.3 is 6.03 Å². The van der Waals surface area contributed by atoms with Crippen LogP contribution < -0.4 is 15.5 Å². The fraction of sp³-hybridized carbons (Fsp3) is 0.444. The number of nitrogens with one attached hydrogen (secondary N) is 2. The summed E-state index contributed by atoms with van der Waals surface area (Å²) in [5.41, 5.74) is 1.93. The molecule has 0 saturated carbocycles. The molecule has 1 fully saturated rings. The van der Waals surface area contributed by atoms with Crippen molar-refractivity contribution >= 4 is 17.7 Å². The lowest BCUT2D eigenvalue weighted by Gasteiger charge is -2.33. The van der Waals surface area contributed by atoms with E-state index in [1.807, 2.05) is 25.1 Å². The maximum absolute atomic E-state index is 12.1. The van der Waals surface area contributed by atoms with E-state index < -0.39 is 0 Å². The SMILES string of the molecule is CCc1cc(N2CCC(NC(=O)Nc3cccc(C)n3)CC2)ncn1. The van der Waals surface area contributed by atoms with Crippen LogP contribution >= 0.6 is 0 Å². The molecule has 1 aliphatic rings. The van der Waals surface area contributed by atoms with Crippen LogP contribution in [0, 0.1) is 6.92 Å². The summed E-state index contributed by atoms with van der Waals surface area (Å²) in [5.74, 6) is 1.54. The molecule has 0 atom stereocenters. The Balaban J connectivity index is 1.49. The van der Waals surface area contributed by atoms with Gasteiger partial charge in [-0.2, -0.15) is 0 Å². The molecule has 0 bridgehead atoms. The highest BCUT2D eigenvalue weighted by atomic mass is 16.2. The molecule has 0 spiro atoms. The van der Waals surface area contributed by atoms with Gasteiger partial charge in [0.15, 0.2) is 0 Å². The molecule has 1 aliphatic heterocycles. The standard InChI is InChI=1S/C18H24N6O/c1-3-14-11-17(20-12-19-14)24-9-7-15(8-10-24)22-18(25)23-16-6-4-5-13(2)21-16/h4-6,11-12,15H,3,7-10H2,1-2H3,(H2,21,22,23,25). The normalized spacial score (nSPS) is 15.0. The van der Waals surface area contributed by atoms with Crippen molar-refractivity contribution in [3.05, 3.63) is 42.0 Å². The Morgan fingerprint density at radius 3 is 2.80 bits per heavy atom. The van der Waals surface area contributed by atoms with Crippen LogP contribution in [0.2, 0.25) is 0 Å². The minimum absolute atomic E-state index is 0.161. The zero-order chi connectivity index (χ0) is 17.6. The van der Waals surface area contributed by atoms with Gasteiger partial charge in [0.25, 0.3) is 0 Å². The van der Waals surface area contributed by atoms with E-state index in [4.69, 9.17) is 0 Å². The molecule has 2 amide bonds. The number of aryl methyl sites for hydroxylation is 2. The molecule has 0 aliphatic carbocycles. The first-order chi connectivity index (χ1) is 12.1. The third kappa shape index (κ3) is 4.65. The van der Waals surface area contributed by atoms with Crippen molar-refractivity contribution in [2.45, 2.75) is 39.2 Å². The number of hydrogen-bond acceptors (Lipinski definition) is 5. The summed E-state index contributed by atoms with van der Waals surface area (Å²) in [4.78, 5) is 27.3. The molecule has 0 aromatic carbocycles. The summed E-state index contributed by atoms with van der Waals surface area (Å²) in [6.07, 6.45) is 4.31. The second kappa shape index (κ2) is 7.92. The van der Waals surface area contributed by atoms with Gasteiger partial charge in [-0.25, -0.2) is 19.7 Å². The first-order valence-corrected chi connectivity index (χ1v) is 8.71. The maximum Gasteiger partial charge on any atom is 0.320 e. The first-order valence-electron chi connectivity index (χ1n) is 8.71. The number of urea groups is 1. The van der Waals surface area contributed by atoms with E-state index >= 15 is 0 Å². The van der Waals surface area contributed by atoms with Crippen LogP contribution in [0.1, 0.15) is 31.2 Å². The Bertz CT molecular complexity index is 727. The van der Waals surface area contributed by atoms with Gasteiger partial charge in [-0.15, -0.1) is 0 Å². The fourth-order valence-electron chi connectivity index (χ4n) is 2.96. The molecule has 2 aromatic rings. The fourth-order valence-corrected chi connectivity index (χ4v) is 2.96. The molecule has 2 aromatic heterocycles. The number of aromatic nitrogens is 3. The number of carbonyl (C=O) groups is 1. The lowest BCUT2D eigenvalue weighted by molar-refractivity contribution is 0.246. The third-order valence-corrected chi connectivity index (χ3v) is 4.36. The number of hydrogen-bond donors (Lipinski definition) is 2.